The Bertz CT molecular complexity index is 503. The van der Waals surface area contributed by atoms with E-state index in [9.17, 15) is 4.79 Å². The van der Waals surface area contributed by atoms with Crippen LogP contribution in [0.4, 0.5) is 0 Å². The van der Waals surface area contributed by atoms with Crippen LogP contribution in [-0.2, 0) is 9.57 Å². The Morgan fingerprint density at radius 2 is 1.95 bits per heavy atom. The molecule has 0 amide bonds. The lowest BCUT2D eigenvalue weighted by Gasteiger charge is -2.09. The first-order chi connectivity index (χ1) is 9.01. The molecule has 0 unspecified atom stereocenters. The van der Waals surface area contributed by atoms with Crippen molar-refractivity contribution in [2.24, 2.45) is 5.16 Å². The SMILES string of the molecule is CCO/C(C)=N\OC(=O)c1c(Cl)ccc(Cl)c1OC. The van der Waals surface area contributed by atoms with E-state index >= 15 is 0 Å². The first-order valence-electron chi connectivity index (χ1n) is 5.42. The molecule has 0 aliphatic rings. The van der Waals surface area contributed by atoms with Gasteiger partial charge in [0.25, 0.3) is 0 Å². The van der Waals surface area contributed by atoms with Crippen molar-refractivity contribution in [2.75, 3.05) is 13.7 Å². The van der Waals surface area contributed by atoms with E-state index in [2.05, 4.69) is 5.16 Å². The molecule has 0 spiro atoms. The molecular formula is C12H13Cl2NO4. The minimum Gasteiger partial charge on any atom is -0.494 e. The van der Waals surface area contributed by atoms with Crippen LogP contribution >= 0.6 is 23.2 Å². The minimum absolute atomic E-state index is 0.0183. The molecule has 0 bridgehead atoms. The normalized spacial score (nSPS) is 11.1. The number of hydrogen-bond acceptors (Lipinski definition) is 5. The van der Waals surface area contributed by atoms with E-state index in [0.29, 0.717) is 6.61 Å². The fraction of sp³-hybridized carbons (Fsp3) is 0.333. The molecule has 0 saturated carbocycles. The summed E-state index contributed by atoms with van der Waals surface area (Å²) < 4.78 is 10.1. The summed E-state index contributed by atoms with van der Waals surface area (Å²) in [5.74, 6) is -0.403. The fourth-order valence-corrected chi connectivity index (χ4v) is 1.77. The van der Waals surface area contributed by atoms with Gasteiger partial charge in [0.15, 0.2) is 5.75 Å². The second-order valence-electron chi connectivity index (χ2n) is 3.36. The molecule has 0 aromatic heterocycles. The number of ether oxygens (including phenoxy) is 2. The number of methoxy groups -OCH3 is 1. The van der Waals surface area contributed by atoms with Gasteiger partial charge >= 0.3 is 5.97 Å². The number of carbonyl (C=O) groups excluding carboxylic acids is 1. The van der Waals surface area contributed by atoms with Crippen LogP contribution in [0.25, 0.3) is 0 Å². The zero-order valence-corrected chi connectivity index (χ0v) is 12.2. The van der Waals surface area contributed by atoms with Gasteiger partial charge in [-0.15, -0.1) is 0 Å². The summed E-state index contributed by atoms with van der Waals surface area (Å²) in [4.78, 5) is 16.6. The van der Waals surface area contributed by atoms with E-state index in [-0.39, 0.29) is 27.3 Å². The molecule has 7 heteroatoms. The standard InChI is InChI=1S/C12H13Cl2NO4/c1-4-18-7(2)15-19-12(16)10-8(13)5-6-9(14)11(10)17-3/h5-6H,4H2,1-3H3/b15-7-. The van der Waals surface area contributed by atoms with Crippen molar-refractivity contribution in [3.63, 3.8) is 0 Å². The van der Waals surface area contributed by atoms with Crippen LogP contribution in [0.3, 0.4) is 0 Å². The zero-order chi connectivity index (χ0) is 14.4. The quantitative estimate of drug-likeness (QED) is 0.369. The van der Waals surface area contributed by atoms with Crippen molar-refractivity contribution in [1.82, 2.24) is 0 Å². The van der Waals surface area contributed by atoms with E-state index in [1.165, 1.54) is 19.2 Å². The first-order valence-corrected chi connectivity index (χ1v) is 6.17. The van der Waals surface area contributed by atoms with Gasteiger partial charge in [0.05, 0.1) is 23.8 Å². The van der Waals surface area contributed by atoms with Crippen LogP contribution in [0.5, 0.6) is 5.75 Å². The van der Waals surface area contributed by atoms with Gasteiger partial charge in [-0.2, -0.15) is 0 Å². The lowest BCUT2D eigenvalue weighted by atomic mass is 10.2. The Morgan fingerprint density at radius 1 is 1.32 bits per heavy atom. The average Bonchev–Trinajstić information content (AvgIpc) is 2.38. The number of halogens is 2. The predicted octanol–water partition coefficient (Wildman–Crippen LogP) is 3.53. The van der Waals surface area contributed by atoms with Crippen LogP contribution in [0.2, 0.25) is 10.0 Å². The summed E-state index contributed by atoms with van der Waals surface area (Å²) in [6.07, 6.45) is 0. The topological polar surface area (TPSA) is 57.1 Å². The van der Waals surface area contributed by atoms with E-state index < -0.39 is 5.97 Å². The Hall–Kier alpha value is -1.46. The maximum absolute atomic E-state index is 11.9. The van der Waals surface area contributed by atoms with Gasteiger partial charge in [-0.1, -0.05) is 23.2 Å². The molecule has 1 rings (SSSR count). The molecule has 0 saturated heterocycles. The summed E-state index contributed by atoms with van der Waals surface area (Å²) in [7, 11) is 1.38. The molecule has 0 aliphatic heterocycles. The maximum Gasteiger partial charge on any atom is 0.371 e. The van der Waals surface area contributed by atoms with E-state index in [0.717, 1.165) is 0 Å². The van der Waals surface area contributed by atoms with Crippen molar-refractivity contribution in [2.45, 2.75) is 13.8 Å². The monoisotopic (exact) mass is 305 g/mol. The van der Waals surface area contributed by atoms with Crippen molar-refractivity contribution < 1.29 is 19.1 Å². The van der Waals surface area contributed by atoms with Gasteiger partial charge < -0.3 is 14.3 Å². The molecule has 1 aromatic rings. The third kappa shape index (κ3) is 4.01. The van der Waals surface area contributed by atoms with Crippen LogP contribution in [0, 0.1) is 0 Å². The number of carbonyl (C=O) groups is 1. The highest BCUT2D eigenvalue weighted by molar-refractivity contribution is 6.37. The lowest BCUT2D eigenvalue weighted by molar-refractivity contribution is 0.0497. The second-order valence-corrected chi connectivity index (χ2v) is 4.17. The molecular weight excluding hydrogens is 293 g/mol. The molecule has 1 aromatic carbocycles. The molecule has 0 atom stereocenters. The lowest BCUT2D eigenvalue weighted by Crippen LogP contribution is -2.08. The zero-order valence-electron chi connectivity index (χ0n) is 10.7. The van der Waals surface area contributed by atoms with Crippen molar-refractivity contribution in [1.29, 1.82) is 0 Å². The minimum atomic E-state index is -0.775. The average molecular weight is 306 g/mol. The Kier molecular flexibility index (Phi) is 5.92. The molecule has 5 nitrogen and oxygen atoms in total. The van der Waals surface area contributed by atoms with Crippen molar-refractivity contribution >= 4 is 35.1 Å². The van der Waals surface area contributed by atoms with Gasteiger partial charge in [-0.05, 0) is 24.2 Å². The highest BCUT2D eigenvalue weighted by Gasteiger charge is 2.21. The summed E-state index contributed by atoms with van der Waals surface area (Å²) in [5.41, 5.74) is 0.0183. The number of hydrogen-bond donors (Lipinski definition) is 0. The largest absolute Gasteiger partial charge is 0.494 e. The summed E-state index contributed by atoms with van der Waals surface area (Å²) in [6.45, 7) is 3.78. The highest BCUT2D eigenvalue weighted by Crippen LogP contribution is 2.34. The maximum atomic E-state index is 11.9. The van der Waals surface area contributed by atoms with E-state index in [1.54, 1.807) is 13.8 Å². The van der Waals surface area contributed by atoms with Crippen LogP contribution in [-0.4, -0.2) is 25.6 Å². The second kappa shape index (κ2) is 7.21. The van der Waals surface area contributed by atoms with Gasteiger partial charge in [-0.3, -0.25) is 0 Å². The smallest absolute Gasteiger partial charge is 0.371 e. The van der Waals surface area contributed by atoms with Gasteiger partial charge in [0, 0.05) is 6.92 Å². The summed E-state index contributed by atoms with van der Waals surface area (Å²) in [5, 5.41) is 3.94. The van der Waals surface area contributed by atoms with Gasteiger partial charge in [-0.25, -0.2) is 4.79 Å². The summed E-state index contributed by atoms with van der Waals surface area (Å²) >= 11 is 11.8. The highest BCUT2D eigenvalue weighted by atomic mass is 35.5. The van der Waals surface area contributed by atoms with E-state index in [4.69, 9.17) is 37.5 Å². The number of nitrogens with zero attached hydrogens (tertiary/aromatic N) is 1. The van der Waals surface area contributed by atoms with E-state index in [1.807, 2.05) is 0 Å². The Balaban J connectivity index is 3.00. The van der Waals surface area contributed by atoms with Gasteiger partial charge in [0.1, 0.15) is 5.56 Å². The molecule has 104 valence electrons. The molecule has 0 aliphatic carbocycles. The Labute approximate surface area is 121 Å². The van der Waals surface area contributed by atoms with Crippen LogP contribution in [0.1, 0.15) is 24.2 Å². The fourth-order valence-electron chi connectivity index (χ4n) is 1.31. The number of benzene rings is 1. The van der Waals surface area contributed by atoms with Crippen molar-refractivity contribution in [3.05, 3.63) is 27.7 Å². The third-order valence-corrected chi connectivity index (χ3v) is 2.69. The number of oxime groups is 1. The summed E-state index contributed by atoms with van der Waals surface area (Å²) in [6, 6.07) is 3.00. The predicted molar refractivity (Wildman–Crippen MR) is 73.2 cm³/mol. The molecule has 0 fully saturated rings. The van der Waals surface area contributed by atoms with Crippen LogP contribution in [0.15, 0.2) is 17.3 Å². The molecule has 0 radical (unpaired) electrons. The number of rotatable bonds is 4. The first kappa shape index (κ1) is 15.6. The van der Waals surface area contributed by atoms with Crippen LogP contribution < -0.4 is 4.74 Å². The molecule has 19 heavy (non-hydrogen) atoms. The third-order valence-electron chi connectivity index (χ3n) is 2.08. The molecule has 0 heterocycles. The van der Waals surface area contributed by atoms with Gasteiger partial charge in [0.2, 0.25) is 5.90 Å². The van der Waals surface area contributed by atoms with Crippen molar-refractivity contribution in [3.8, 4) is 5.75 Å². The molecule has 0 N–H and O–H groups in total. The Morgan fingerprint density at radius 3 is 2.53 bits per heavy atom.